The van der Waals surface area contributed by atoms with Crippen molar-refractivity contribution < 1.29 is 31.5 Å². The highest BCUT2D eigenvalue weighted by molar-refractivity contribution is 6.53. The molecule has 0 aromatic heterocycles. The molecule has 0 heterocycles. The minimum Gasteiger partial charge on any atom is -0.394 e. The monoisotopic (exact) mass is 577 g/mol. The van der Waals surface area contributed by atoms with Gasteiger partial charge in [0.15, 0.2) is 5.82 Å². The molecule has 1 aliphatic rings. The van der Waals surface area contributed by atoms with Gasteiger partial charge in [0, 0.05) is 11.6 Å². The van der Waals surface area contributed by atoms with Crippen LogP contribution in [0.25, 0.3) is 0 Å². The molecule has 5 nitrogen and oxygen atoms in total. The van der Waals surface area contributed by atoms with Crippen molar-refractivity contribution in [3.8, 4) is 0 Å². The number of amides is 2. The van der Waals surface area contributed by atoms with E-state index >= 15 is 0 Å². The Hall–Kier alpha value is -3.08. The van der Waals surface area contributed by atoms with E-state index in [9.17, 15) is 31.5 Å². The number of nitrogens with one attached hydrogen (secondary N) is 2. The number of carbonyl (C=O) groups is 2. The van der Waals surface area contributed by atoms with Crippen LogP contribution in [0.2, 0.25) is 5.02 Å². The lowest BCUT2D eigenvalue weighted by Gasteiger charge is -2.12. The number of nitrogen functional groups attached to an aromatic ring is 1. The molecule has 1 saturated carbocycles. The van der Waals surface area contributed by atoms with Crippen LogP contribution in [0.1, 0.15) is 27.4 Å². The molecule has 0 radical (unpaired) electrons. The van der Waals surface area contributed by atoms with Crippen molar-refractivity contribution in [1.29, 1.82) is 0 Å². The number of alkyl halides is 5. The Morgan fingerprint density at radius 3 is 2.35 bits per heavy atom. The second kappa shape index (κ2) is 9.66. The van der Waals surface area contributed by atoms with Crippen LogP contribution < -0.4 is 16.4 Å². The molecule has 37 heavy (non-hydrogen) atoms. The highest BCUT2D eigenvalue weighted by Crippen LogP contribution is 2.65. The summed E-state index contributed by atoms with van der Waals surface area (Å²) in [7, 11) is 0. The van der Waals surface area contributed by atoms with Gasteiger partial charge in [-0.1, -0.05) is 29.8 Å². The number of hydrogen-bond donors (Lipinski definition) is 3. The molecule has 4 rings (SSSR count). The predicted octanol–water partition coefficient (Wildman–Crippen LogP) is 7.00. The number of rotatable bonds is 5. The number of benzene rings is 3. The number of anilines is 3. The van der Waals surface area contributed by atoms with Crippen LogP contribution in [-0.4, -0.2) is 16.1 Å². The van der Waals surface area contributed by atoms with Crippen molar-refractivity contribution in [3.63, 3.8) is 0 Å². The molecule has 0 bridgehead atoms. The molecule has 4 N–H and O–H groups in total. The Morgan fingerprint density at radius 1 is 0.973 bits per heavy atom. The normalized spacial score (nSPS) is 18.3. The summed E-state index contributed by atoms with van der Waals surface area (Å²) >= 11 is 18.6. The van der Waals surface area contributed by atoms with E-state index in [1.807, 2.05) is 0 Å². The first-order valence-electron chi connectivity index (χ1n) is 10.4. The van der Waals surface area contributed by atoms with E-state index in [4.69, 9.17) is 40.5 Å². The van der Waals surface area contributed by atoms with Crippen molar-refractivity contribution in [3.05, 3.63) is 87.9 Å². The summed E-state index contributed by atoms with van der Waals surface area (Å²) in [4.78, 5) is 25.6. The fraction of sp³-hybridized carbons (Fsp3) is 0.167. The fourth-order valence-corrected chi connectivity index (χ4v) is 4.86. The molecular weight excluding hydrogens is 564 g/mol. The van der Waals surface area contributed by atoms with Crippen LogP contribution in [0.3, 0.4) is 0 Å². The summed E-state index contributed by atoms with van der Waals surface area (Å²) < 4.78 is 65.2. The molecular formula is C24H15Cl3F5N3O2. The second-order valence-corrected chi connectivity index (χ2v) is 10.1. The molecule has 13 heteroatoms. The van der Waals surface area contributed by atoms with E-state index < -0.39 is 62.7 Å². The molecule has 2 amide bonds. The lowest BCUT2D eigenvalue weighted by atomic mass is 10.1. The third-order valence-corrected chi connectivity index (χ3v) is 7.03. The smallest absolute Gasteiger partial charge is 0.394 e. The molecule has 3 aromatic rings. The Labute approximate surface area is 221 Å². The number of carbonyl (C=O) groups excluding carboxylic acids is 2. The SMILES string of the molecule is Nc1c(F)ccc(NC(=O)c2cc(NC(=O)[C@H]3[C@H](c4cccc(C(F)(F)F)c4)C3(Cl)Cl)ccc2Cl)c1F. The quantitative estimate of drug-likeness (QED) is 0.173. The average Bonchev–Trinajstić information content (AvgIpc) is 3.42. The maximum Gasteiger partial charge on any atom is 0.416 e. The summed E-state index contributed by atoms with van der Waals surface area (Å²) in [5.41, 5.74) is 3.25. The summed E-state index contributed by atoms with van der Waals surface area (Å²) in [6.07, 6.45) is -4.59. The van der Waals surface area contributed by atoms with Crippen molar-refractivity contribution in [1.82, 2.24) is 0 Å². The first-order chi connectivity index (χ1) is 17.2. The molecule has 1 aliphatic carbocycles. The predicted molar refractivity (Wildman–Crippen MR) is 131 cm³/mol. The van der Waals surface area contributed by atoms with Gasteiger partial charge in [-0.05, 0) is 42.0 Å². The Balaban J connectivity index is 1.52. The highest BCUT2D eigenvalue weighted by Gasteiger charge is 2.67. The zero-order valence-electron chi connectivity index (χ0n) is 18.3. The Morgan fingerprint density at radius 2 is 1.68 bits per heavy atom. The van der Waals surface area contributed by atoms with Gasteiger partial charge in [0.2, 0.25) is 5.91 Å². The molecule has 1 fully saturated rings. The molecule has 0 aliphatic heterocycles. The summed E-state index contributed by atoms with van der Waals surface area (Å²) in [5, 5.41) is 4.67. The second-order valence-electron chi connectivity index (χ2n) is 8.21. The van der Waals surface area contributed by atoms with Gasteiger partial charge in [-0.25, -0.2) is 8.78 Å². The van der Waals surface area contributed by atoms with Crippen LogP contribution in [0.5, 0.6) is 0 Å². The minimum atomic E-state index is -4.59. The molecule has 2 atom stereocenters. The van der Waals surface area contributed by atoms with Gasteiger partial charge >= 0.3 is 6.18 Å². The van der Waals surface area contributed by atoms with E-state index in [1.54, 1.807) is 0 Å². The number of nitrogens with two attached hydrogens (primary N) is 1. The summed E-state index contributed by atoms with van der Waals surface area (Å²) in [6, 6.07) is 10.0. The summed E-state index contributed by atoms with van der Waals surface area (Å²) in [6.45, 7) is 0. The van der Waals surface area contributed by atoms with Crippen LogP contribution in [0.4, 0.5) is 39.0 Å². The zero-order chi connectivity index (χ0) is 27.3. The van der Waals surface area contributed by atoms with Gasteiger partial charge in [0.05, 0.1) is 27.8 Å². The average molecular weight is 579 g/mol. The third-order valence-electron chi connectivity index (χ3n) is 5.76. The van der Waals surface area contributed by atoms with Crippen LogP contribution in [0.15, 0.2) is 54.6 Å². The lowest BCUT2D eigenvalue weighted by molar-refractivity contribution is -0.137. The molecule has 0 saturated heterocycles. The maximum atomic E-state index is 14.2. The van der Waals surface area contributed by atoms with Gasteiger partial charge < -0.3 is 16.4 Å². The van der Waals surface area contributed by atoms with Crippen LogP contribution in [0, 0.1) is 17.6 Å². The van der Waals surface area contributed by atoms with Crippen molar-refractivity contribution in [2.45, 2.75) is 16.4 Å². The summed E-state index contributed by atoms with van der Waals surface area (Å²) in [5.74, 6) is -5.79. The van der Waals surface area contributed by atoms with E-state index in [1.165, 1.54) is 30.3 Å². The largest absolute Gasteiger partial charge is 0.416 e. The van der Waals surface area contributed by atoms with Gasteiger partial charge in [-0.15, -0.1) is 23.2 Å². The number of hydrogen-bond acceptors (Lipinski definition) is 3. The minimum absolute atomic E-state index is 0.0525. The third kappa shape index (κ3) is 5.32. The van der Waals surface area contributed by atoms with Crippen LogP contribution in [-0.2, 0) is 11.0 Å². The van der Waals surface area contributed by atoms with E-state index in [-0.39, 0.29) is 21.8 Å². The Kier molecular flexibility index (Phi) is 7.04. The van der Waals surface area contributed by atoms with Gasteiger partial charge in [-0.2, -0.15) is 13.2 Å². The molecule has 3 aromatic carbocycles. The van der Waals surface area contributed by atoms with Gasteiger partial charge in [0.25, 0.3) is 5.91 Å². The topological polar surface area (TPSA) is 84.2 Å². The first-order valence-corrected chi connectivity index (χ1v) is 11.6. The van der Waals surface area contributed by atoms with E-state index in [0.29, 0.717) is 0 Å². The van der Waals surface area contributed by atoms with Crippen molar-refractivity contribution >= 4 is 63.7 Å². The Bertz CT molecular complexity index is 1410. The highest BCUT2D eigenvalue weighted by atomic mass is 35.5. The van der Waals surface area contributed by atoms with Crippen molar-refractivity contribution in [2.24, 2.45) is 5.92 Å². The van der Waals surface area contributed by atoms with E-state index in [2.05, 4.69) is 10.6 Å². The standard InChI is InChI=1S/C24H15Cl3F5N3O2/c25-14-5-4-12(9-13(14)21(36)35-16-7-6-15(28)20(33)19(16)29)34-22(37)18-17(23(18,26)27)10-2-1-3-11(8-10)24(30,31)32/h1-9,17-18H,33H2,(H,34,37)(H,35,36)/t17-,18+/m0/s1. The van der Waals surface area contributed by atoms with Crippen LogP contribution >= 0.6 is 34.8 Å². The van der Waals surface area contributed by atoms with Crippen molar-refractivity contribution in [2.75, 3.05) is 16.4 Å². The first kappa shape index (κ1) is 27.0. The van der Waals surface area contributed by atoms with Gasteiger partial charge in [-0.3, -0.25) is 9.59 Å². The molecule has 0 spiro atoms. The van der Waals surface area contributed by atoms with Gasteiger partial charge in [0.1, 0.15) is 15.8 Å². The maximum absolute atomic E-state index is 14.2. The fourth-order valence-electron chi connectivity index (χ4n) is 3.83. The zero-order valence-corrected chi connectivity index (χ0v) is 20.5. The molecule has 194 valence electrons. The lowest BCUT2D eigenvalue weighted by Crippen LogP contribution is -2.18. The number of halogens is 8. The van der Waals surface area contributed by atoms with E-state index in [0.717, 1.165) is 24.3 Å². The molecule has 0 unspecified atom stereocenters.